The van der Waals surface area contributed by atoms with Crippen molar-refractivity contribution < 1.29 is 0 Å². The van der Waals surface area contributed by atoms with E-state index in [4.69, 9.17) is 5.73 Å². The highest BCUT2D eigenvalue weighted by Crippen LogP contribution is 2.24. The molecule has 0 aromatic heterocycles. The first-order valence-corrected chi connectivity index (χ1v) is 6.89. The summed E-state index contributed by atoms with van der Waals surface area (Å²) in [5.74, 6) is 0.589. The van der Waals surface area contributed by atoms with Gasteiger partial charge in [-0.25, -0.2) is 0 Å². The second kappa shape index (κ2) is 6.06. The number of nitrogens with one attached hydrogen (secondary N) is 1. The molecule has 3 N–H and O–H groups in total. The van der Waals surface area contributed by atoms with Crippen LogP contribution in [0.4, 0.5) is 5.69 Å². The Labute approximate surface area is 105 Å². The van der Waals surface area contributed by atoms with Gasteiger partial charge in [-0.1, -0.05) is 19.4 Å². The van der Waals surface area contributed by atoms with E-state index in [1.807, 2.05) is 0 Å². The van der Waals surface area contributed by atoms with Crippen molar-refractivity contribution in [3.8, 4) is 0 Å². The Bertz CT molecular complexity index is 356. The second-order valence-electron chi connectivity index (χ2n) is 5.08. The summed E-state index contributed by atoms with van der Waals surface area (Å²) < 4.78 is 0. The van der Waals surface area contributed by atoms with Crippen LogP contribution in [0.2, 0.25) is 0 Å². The number of anilines is 1. The van der Waals surface area contributed by atoms with Gasteiger partial charge in [-0.05, 0) is 61.4 Å². The summed E-state index contributed by atoms with van der Waals surface area (Å²) >= 11 is 0. The standard InChI is InChI=1S/C15H24N2/c1-2-12(10-16)11-17-15-8-7-13-5-3-4-6-14(13)9-15/h7-9,12,17H,2-6,10-11,16H2,1H3. The normalized spacial score (nSPS) is 16.4. The van der Waals surface area contributed by atoms with Gasteiger partial charge >= 0.3 is 0 Å². The highest BCUT2D eigenvalue weighted by molar-refractivity contribution is 5.49. The Morgan fingerprint density at radius 2 is 2.00 bits per heavy atom. The van der Waals surface area contributed by atoms with Crippen LogP contribution < -0.4 is 11.1 Å². The Kier molecular flexibility index (Phi) is 4.43. The van der Waals surface area contributed by atoms with E-state index in [9.17, 15) is 0 Å². The number of aryl methyl sites for hydroxylation is 2. The third kappa shape index (κ3) is 3.22. The topological polar surface area (TPSA) is 38.0 Å². The molecule has 0 saturated carbocycles. The van der Waals surface area contributed by atoms with Crippen LogP contribution in [0, 0.1) is 5.92 Å². The van der Waals surface area contributed by atoms with Gasteiger partial charge in [-0.2, -0.15) is 0 Å². The first kappa shape index (κ1) is 12.4. The van der Waals surface area contributed by atoms with Crippen molar-refractivity contribution in [2.75, 3.05) is 18.4 Å². The van der Waals surface area contributed by atoms with Crippen LogP contribution in [-0.2, 0) is 12.8 Å². The first-order valence-electron chi connectivity index (χ1n) is 6.89. The van der Waals surface area contributed by atoms with Gasteiger partial charge in [-0.15, -0.1) is 0 Å². The van der Waals surface area contributed by atoms with Crippen molar-refractivity contribution >= 4 is 5.69 Å². The first-order chi connectivity index (χ1) is 8.33. The van der Waals surface area contributed by atoms with E-state index in [0.717, 1.165) is 19.5 Å². The van der Waals surface area contributed by atoms with Gasteiger partial charge < -0.3 is 11.1 Å². The SMILES string of the molecule is CCC(CN)CNc1ccc2c(c1)CCCC2. The fourth-order valence-corrected chi connectivity index (χ4v) is 2.50. The van der Waals surface area contributed by atoms with Crippen LogP contribution >= 0.6 is 0 Å². The van der Waals surface area contributed by atoms with E-state index in [0.29, 0.717) is 5.92 Å². The van der Waals surface area contributed by atoms with E-state index in [1.165, 1.54) is 31.4 Å². The maximum atomic E-state index is 5.72. The fourth-order valence-electron chi connectivity index (χ4n) is 2.50. The zero-order chi connectivity index (χ0) is 12.1. The Hall–Kier alpha value is -1.02. The summed E-state index contributed by atoms with van der Waals surface area (Å²) in [4.78, 5) is 0. The molecule has 0 spiro atoms. The highest BCUT2D eigenvalue weighted by atomic mass is 14.9. The van der Waals surface area contributed by atoms with Crippen LogP contribution in [0.5, 0.6) is 0 Å². The summed E-state index contributed by atoms with van der Waals surface area (Å²) in [7, 11) is 0. The minimum Gasteiger partial charge on any atom is -0.385 e. The molecule has 94 valence electrons. The van der Waals surface area contributed by atoms with Gasteiger partial charge in [0, 0.05) is 12.2 Å². The van der Waals surface area contributed by atoms with Gasteiger partial charge in [0.1, 0.15) is 0 Å². The van der Waals surface area contributed by atoms with Gasteiger partial charge in [0.15, 0.2) is 0 Å². The van der Waals surface area contributed by atoms with Crippen molar-refractivity contribution in [3.63, 3.8) is 0 Å². The molecule has 0 saturated heterocycles. The Morgan fingerprint density at radius 3 is 2.71 bits per heavy atom. The van der Waals surface area contributed by atoms with Crippen LogP contribution in [0.15, 0.2) is 18.2 Å². The lowest BCUT2D eigenvalue weighted by Gasteiger charge is -2.19. The van der Waals surface area contributed by atoms with E-state index < -0.39 is 0 Å². The van der Waals surface area contributed by atoms with Crippen molar-refractivity contribution in [1.29, 1.82) is 0 Å². The number of hydrogen-bond donors (Lipinski definition) is 2. The van der Waals surface area contributed by atoms with Gasteiger partial charge in [0.05, 0.1) is 0 Å². The summed E-state index contributed by atoms with van der Waals surface area (Å²) in [5.41, 5.74) is 10.1. The molecule has 2 nitrogen and oxygen atoms in total. The molecule has 1 aromatic carbocycles. The molecular formula is C15H24N2. The molecule has 0 radical (unpaired) electrons. The number of hydrogen-bond acceptors (Lipinski definition) is 2. The molecule has 2 rings (SSSR count). The van der Waals surface area contributed by atoms with Gasteiger partial charge in [0.25, 0.3) is 0 Å². The molecule has 1 aromatic rings. The number of benzene rings is 1. The summed E-state index contributed by atoms with van der Waals surface area (Å²) in [6.45, 7) is 3.96. The zero-order valence-electron chi connectivity index (χ0n) is 10.8. The molecule has 0 aliphatic heterocycles. The Balaban J connectivity index is 1.97. The lowest BCUT2D eigenvalue weighted by Crippen LogP contribution is -2.22. The minimum atomic E-state index is 0.589. The molecule has 1 aliphatic rings. The molecule has 0 amide bonds. The number of fused-ring (bicyclic) bond motifs is 1. The van der Waals surface area contributed by atoms with Crippen molar-refractivity contribution in [2.45, 2.75) is 39.0 Å². The lowest BCUT2D eigenvalue weighted by atomic mass is 9.91. The maximum absolute atomic E-state index is 5.72. The Morgan fingerprint density at radius 1 is 1.24 bits per heavy atom. The van der Waals surface area contributed by atoms with E-state index in [1.54, 1.807) is 11.1 Å². The molecular weight excluding hydrogens is 208 g/mol. The number of rotatable bonds is 5. The van der Waals surface area contributed by atoms with Crippen molar-refractivity contribution in [2.24, 2.45) is 11.7 Å². The molecule has 0 heterocycles. The number of nitrogens with two attached hydrogens (primary N) is 1. The van der Waals surface area contributed by atoms with Crippen molar-refractivity contribution in [3.05, 3.63) is 29.3 Å². The highest BCUT2D eigenvalue weighted by Gasteiger charge is 2.10. The lowest BCUT2D eigenvalue weighted by molar-refractivity contribution is 0.548. The predicted octanol–water partition coefficient (Wildman–Crippen LogP) is 2.96. The average molecular weight is 232 g/mol. The fraction of sp³-hybridized carbons (Fsp3) is 0.600. The van der Waals surface area contributed by atoms with Gasteiger partial charge in [-0.3, -0.25) is 0 Å². The molecule has 0 bridgehead atoms. The summed E-state index contributed by atoms with van der Waals surface area (Å²) in [6, 6.07) is 6.84. The molecule has 2 heteroatoms. The second-order valence-corrected chi connectivity index (χ2v) is 5.08. The van der Waals surface area contributed by atoms with Crippen LogP contribution in [0.25, 0.3) is 0 Å². The quantitative estimate of drug-likeness (QED) is 0.819. The van der Waals surface area contributed by atoms with Crippen LogP contribution in [-0.4, -0.2) is 13.1 Å². The van der Waals surface area contributed by atoms with Crippen molar-refractivity contribution in [1.82, 2.24) is 0 Å². The molecule has 0 fully saturated rings. The minimum absolute atomic E-state index is 0.589. The monoisotopic (exact) mass is 232 g/mol. The third-order valence-corrected chi connectivity index (χ3v) is 3.85. The summed E-state index contributed by atoms with van der Waals surface area (Å²) in [5, 5.41) is 3.52. The molecule has 1 unspecified atom stereocenters. The van der Waals surface area contributed by atoms with E-state index in [-0.39, 0.29) is 0 Å². The average Bonchev–Trinajstić information content (AvgIpc) is 2.40. The third-order valence-electron chi connectivity index (χ3n) is 3.85. The smallest absolute Gasteiger partial charge is 0.0343 e. The van der Waals surface area contributed by atoms with Gasteiger partial charge in [0.2, 0.25) is 0 Å². The van der Waals surface area contributed by atoms with E-state index in [2.05, 4.69) is 30.4 Å². The van der Waals surface area contributed by atoms with Crippen LogP contribution in [0.1, 0.15) is 37.3 Å². The molecule has 1 atom stereocenters. The van der Waals surface area contributed by atoms with Crippen LogP contribution in [0.3, 0.4) is 0 Å². The van der Waals surface area contributed by atoms with E-state index >= 15 is 0 Å². The molecule has 17 heavy (non-hydrogen) atoms. The largest absolute Gasteiger partial charge is 0.385 e. The zero-order valence-corrected chi connectivity index (χ0v) is 10.8. The summed E-state index contributed by atoms with van der Waals surface area (Å²) in [6.07, 6.45) is 6.35. The molecule has 1 aliphatic carbocycles. The predicted molar refractivity (Wildman–Crippen MR) is 74.4 cm³/mol. The maximum Gasteiger partial charge on any atom is 0.0343 e.